The second-order valence-corrected chi connectivity index (χ2v) is 4.58. The molecule has 0 aliphatic rings. The highest BCUT2D eigenvalue weighted by Gasteiger charge is 2.13. The first-order chi connectivity index (χ1) is 10.7. The molecule has 2 aromatic rings. The maximum atomic E-state index is 12.3. The molecule has 0 aromatic heterocycles. The van der Waals surface area contributed by atoms with Crippen LogP contribution in [0.15, 0.2) is 54.6 Å². The third-order valence-corrected chi connectivity index (χ3v) is 3.19. The molecule has 0 aliphatic carbocycles. The SMILES string of the molecule is CCN(C(=O)Nc1ccc(C(=O)OC)cc1)c1ccccc1. The van der Waals surface area contributed by atoms with Crippen LogP contribution in [-0.4, -0.2) is 25.7 Å². The highest BCUT2D eigenvalue weighted by Crippen LogP contribution is 2.16. The van der Waals surface area contributed by atoms with Crippen molar-refractivity contribution in [1.29, 1.82) is 0 Å². The summed E-state index contributed by atoms with van der Waals surface area (Å²) in [6.45, 7) is 2.46. The Labute approximate surface area is 129 Å². The first-order valence-corrected chi connectivity index (χ1v) is 6.97. The van der Waals surface area contributed by atoms with Crippen molar-refractivity contribution in [1.82, 2.24) is 0 Å². The number of benzene rings is 2. The summed E-state index contributed by atoms with van der Waals surface area (Å²) in [5.74, 6) is -0.405. The van der Waals surface area contributed by atoms with E-state index < -0.39 is 5.97 Å². The molecular formula is C17H18N2O3. The summed E-state index contributed by atoms with van der Waals surface area (Å²) >= 11 is 0. The summed E-state index contributed by atoms with van der Waals surface area (Å²) in [5.41, 5.74) is 1.89. The molecule has 5 heteroatoms. The van der Waals surface area contributed by atoms with Crippen LogP contribution in [0.1, 0.15) is 17.3 Å². The number of urea groups is 1. The lowest BCUT2D eigenvalue weighted by Crippen LogP contribution is -2.34. The molecule has 0 atom stereocenters. The summed E-state index contributed by atoms with van der Waals surface area (Å²) in [5, 5.41) is 2.81. The zero-order chi connectivity index (χ0) is 15.9. The van der Waals surface area contributed by atoms with Crippen molar-refractivity contribution in [3.05, 3.63) is 60.2 Å². The summed E-state index contributed by atoms with van der Waals surface area (Å²) in [6.07, 6.45) is 0. The summed E-state index contributed by atoms with van der Waals surface area (Å²) < 4.78 is 4.64. The number of hydrogen-bond donors (Lipinski definition) is 1. The van der Waals surface area contributed by atoms with E-state index in [0.717, 1.165) is 5.69 Å². The van der Waals surface area contributed by atoms with E-state index >= 15 is 0 Å². The van der Waals surface area contributed by atoms with Gasteiger partial charge in [-0.05, 0) is 43.3 Å². The Hall–Kier alpha value is -2.82. The lowest BCUT2D eigenvalue weighted by atomic mass is 10.2. The van der Waals surface area contributed by atoms with E-state index in [2.05, 4.69) is 10.1 Å². The summed E-state index contributed by atoms with van der Waals surface area (Å²) in [6, 6.07) is 15.8. The van der Waals surface area contributed by atoms with Crippen LogP contribution in [0.25, 0.3) is 0 Å². The van der Waals surface area contributed by atoms with Crippen LogP contribution in [0.5, 0.6) is 0 Å². The van der Waals surface area contributed by atoms with Gasteiger partial charge >= 0.3 is 12.0 Å². The Balaban J connectivity index is 2.09. The molecule has 0 saturated heterocycles. The van der Waals surface area contributed by atoms with E-state index in [0.29, 0.717) is 17.8 Å². The fourth-order valence-electron chi connectivity index (χ4n) is 2.05. The molecule has 5 nitrogen and oxygen atoms in total. The second-order valence-electron chi connectivity index (χ2n) is 4.58. The van der Waals surface area contributed by atoms with Gasteiger partial charge in [-0.3, -0.25) is 4.90 Å². The molecule has 1 N–H and O–H groups in total. The number of esters is 1. The molecule has 0 fully saturated rings. The molecule has 0 heterocycles. The normalized spacial score (nSPS) is 9.91. The monoisotopic (exact) mass is 298 g/mol. The average molecular weight is 298 g/mol. The van der Waals surface area contributed by atoms with Gasteiger partial charge in [0.25, 0.3) is 0 Å². The van der Waals surface area contributed by atoms with Crippen LogP contribution in [-0.2, 0) is 4.74 Å². The first-order valence-electron chi connectivity index (χ1n) is 6.97. The predicted molar refractivity (Wildman–Crippen MR) is 86.3 cm³/mol. The summed E-state index contributed by atoms with van der Waals surface area (Å²) in [7, 11) is 1.33. The predicted octanol–water partition coefficient (Wildman–Crippen LogP) is 3.53. The number of ether oxygens (including phenoxy) is 1. The lowest BCUT2D eigenvalue weighted by molar-refractivity contribution is 0.0601. The molecule has 0 unspecified atom stereocenters. The van der Waals surface area contributed by atoms with E-state index in [1.165, 1.54) is 7.11 Å². The molecule has 2 aromatic carbocycles. The van der Waals surface area contributed by atoms with Crippen LogP contribution in [0.3, 0.4) is 0 Å². The van der Waals surface area contributed by atoms with Gasteiger partial charge in [0, 0.05) is 17.9 Å². The van der Waals surface area contributed by atoms with Gasteiger partial charge in [-0.15, -0.1) is 0 Å². The minimum atomic E-state index is -0.405. The standard InChI is InChI=1S/C17H18N2O3/c1-3-19(15-7-5-4-6-8-15)17(21)18-14-11-9-13(10-12-14)16(20)22-2/h4-12H,3H2,1-2H3,(H,18,21). The number of methoxy groups -OCH3 is 1. The molecule has 2 amide bonds. The van der Waals surface area contributed by atoms with E-state index in [1.54, 1.807) is 29.2 Å². The van der Waals surface area contributed by atoms with Crippen molar-refractivity contribution in [2.45, 2.75) is 6.92 Å². The van der Waals surface area contributed by atoms with E-state index in [4.69, 9.17) is 0 Å². The molecule has 114 valence electrons. The second kappa shape index (κ2) is 7.26. The van der Waals surface area contributed by atoms with Crippen molar-refractivity contribution in [2.75, 3.05) is 23.9 Å². The Bertz CT molecular complexity index is 639. The Morgan fingerprint density at radius 2 is 1.68 bits per heavy atom. The highest BCUT2D eigenvalue weighted by molar-refractivity contribution is 6.02. The maximum Gasteiger partial charge on any atom is 0.337 e. The first kappa shape index (κ1) is 15.6. The zero-order valence-electron chi connectivity index (χ0n) is 12.6. The molecule has 0 spiro atoms. The molecular weight excluding hydrogens is 280 g/mol. The van der Waals surface area contributed by atoms with Crippen LogP contribution < -0.4 is 10.2 Å². The molecule has 22 heavy (non-hydrogen) atoms. The average Bonchev–Trinajstić information content (AvgIpc) is 2.56. The van der Waals surface area contributed by atoms with Gasteiger partial charge < -0.3 is 10.1 Å². The number of nitrogens with zero attached hydrogens (tertiary/aromatic N) is 1. The van der Waals surface area contributed by atoms with Crippen LogP contribution in [0.2, 0.25) is 0 Å². The van der Waals surface area contributed by atoms with Crippen molar-refractivity contribution >= 4 is 23.4 Å². The lowest BCUT2D eigenvalue weighted by Gasteiger charge is -2.21. The third kappa shape index (κ3) is 3.63. The van der Waals surface area contributed by atoms with Crippen LogP contribution in [0.4, 0.5) is 16.2 Å². The molecule has 0 radical (unpaired) electrons. The van der Waals surface area contributed by atoms with Gasteiger partial charge in [-0.2, -0.15) is 0 Å². The minimum Gasteiger partial charge on any atom is -0.465 e. The number of carbonyl (C=O) groups excluding carboxylic acids is 2. The highest BCUT2D eigenvalue weighted by atomic mass is 16.5. The third-order valence-electron chi connectivity index (χ3n) is 3.19. The van der Waals surface area contributed by atoms with Crippen molar-refractivity contribution < 1.29 is 14.3 Å². The maximum absolute atomic E-state index is 12.3. The van der Waals surface area contributed by atoms with Gasteiger partial charge in [-0.1, -0.05) is 18.2 Å². The van der Waals surface area contributed by atoms with E-state index in [-0.39, 0.29) is 6.03 Å². The molecule has 0 saturated carbocycles. The van der Waals surface area contributed by atoms with Crippen LogP contribution in [0, 0.1) is 0 Å². The van der Waals surface area contributed by atoms with Crippen molar-refractivity contribution in [3.63, 3.8) is 0 Å². The number of para-hydroxylation sites is 1. The zero-order valence-corrected chi connectivity index (χ0v) is 12.6. The number of amides is 2. The van der Waals surface area contributed by atoms with Crippen molar-refractivity contribution in [2.24, 2.45) is 0 Å². The van der Waals surface area contributed by atoms with Gasteiger partial charge in [-0.25, -0.2) is 9.59 Å². The topological polar surface area (TPSA) is 58.6 Å². The van der Waals surface area contributed by atoms with Crippen molar-refractivity contribution in [3.8, 4) is 0 Å². The fraction of sp³-hybridized carbons (Fsp3) is 0.176. The fourth-order valence-corrected chi connectivity index (χ4v) is 2.05. The summed E-state index contributed by atoms with van der Waals surface area (Å²) in [4.78, 5) is 25.3. The smallest absolute Gasteiger partial charge is 0.337 e. The minimum absolute atomic E-state index is 0.223. The number of hydrogen-bond acceptors (Lipinski definition) is 3. The number of anilines is 2. The Morgan fingerprint density at radius 3 is 2.23 bits per heavy atom. The van der Waals surface area contributed by atoms with Gasteiger partial charge in [0.1, 0.15) is 0 Å². The number of carbonyl (C=O) groups is 2. The molecule has 2 rings (SSSR count). The molecule has 0 aliphatic heterocycles. The van der Waals surface area contributed by atoms with E-state index in [1.807, 2.05) is 37.3 Å². The Morgan fingerprint density at radius 1 is 1.05 bits per heavy atom. The van der Waals surface area contributed by atoms with E-state index in [9.17, 15) is 9.59 Å². The Kier molecular flexibility index (Phi) is 5.14. The number of rotatable bonds is 4. The largest absolute Gasteiger partial charge is 0.465 e. The number of nitrogens with one attached hydrogen (secondary N) is 1. The van der Waals surface area contributed by atoms with Gasteiger partial charge in [0.2, 0.25) is 0 Å². The van der Waals surface area contributed by atoms with Gasteiger partial charge in [0.15, 0.2) is 0 Å². The quantitative estimate of drug-likeness (QED) is 0.878. The molecule has 0 bridgehead atoms. The van der Waals surface area contributed by atoms with Crippen LogP contribution >= 0.6 is 0 Å². The van der Waals surface area contributed by atoms with Gasteiger partial charge in [0.05, 0.1) is 12.7 Å².